The van der Waals surface area contributed by atoms with E-state index in [-0.39, 0.29) is 18.2 Å². The molecular weight excluding hydrogens is 552 g/mol. The molecule has 3 aromatic carbocycles. The van der Waals surface area contributed by atoms with Gasteiger partial charge in [0.2, 0.25) is 5.91 Å². The van der Waals surface area contributed by atoms with Gasteiger partial charge in [0.25, 0.3) is 5.91 Å². The summed E-state index contributed by atoms with van der Waals surface area (Å²) in [6.07, 6.45) is -0.00836. The van der Waals surface area contributed by atoms with E-state index >= 15 is 0 Å². The standard InChI is InChI=1S/C28H27BrN4O3S/c1-17-8-7-9-18(2)26(17)31-25(34)16-24-27(35)33(32-19(3)20-12-14-21(29)15-13-20)28(37-24)30-22-10-5-6-11-23(22)36-4/h5-15,24H,16H2,1-4H3,(H,31,34)/b30-28?,32-19-. The molecule has 0 radical (unpaired) electrons. The van der Waals surface area contributed by atoms with Gasteiger partial charge in [0.05, 0.1) is 12.8 Å². The van der Waals surface area contributed by atoms with Crippen molar-refractivity contribution in [2.24, 2.45) is 10.1 Å². The number of halogens is 1. The van der Waals surface area contributed by atoms with Gasteiger partial charge in [-0.2, -0.15) is 10.1 Å². The number of thioether (sulfide) groups is 1. The van der Waals surface area contributed by atoms with Crippen molar-refractivity contribution in [2.45, 2.75) is 32.4 Å². The van der Waals surface area contributed by atoms with Gasteiger partial charge >= 0.3 is 0 Å². The molecular formula is C28H27BrN4O3S. The number of anilines is 1. The van der Waals surface area contributed by atoms with Crippen LogP contribution in [0.1, 0.15) is 30.0 Å². The number of aryl methyl sites for hydroxylation is 2. The Hall–Kier alpha value is -3.43. The molecule has 7 nitrogen and oxygen atoms in total. The minimum atomic E-state index is -0.667. The number of nitrogens with one attached hydrogen (secondary N) is 1. The average Bonchev–Trinajstić information content (AvgIpc) is 3.15. The zero-order valence-corrected chi connectivity index (χ0v) is 23.4. The van der Waals surface area contributed by atoms with E-state index < -0.39 is 5.25 Å². The first-order valence-corrected chi connectivity index (χ1v) is 13.3. The number of hydrogen-bond acceptors (Lipinski definition) is 6. The lowest BCUT2D eigenvalue weighted by molar-refractivity contribution is -0.128. The van der Waals surface area contributed by atoms with Gasteiger partial charge in [-0.25, -0.2) is 4.99 Å². The SMILES string of the molecule is COc1ccccc1N=C1SC(CC(=O)Nc2c(C)cccc2C)C(=O)N1/N=C(/C)c1ccc(Br)cc1. The van der Waals surface area contributed by atoms with Crippen molar-refractivity contribution in [2.75, 3.05) is 12.4 Å². The number of ether oxygens (including phenoxy) is 1. The third-order valence-corrected chi connectivity index (χ3v) is 7.50. The summed E-state index contributed by atoms with van der Waals surface area (Å²) in [5, 5.41) is 8.61. The van der Waals surface area contributed by atoms with Crippen LogP contribution in [0.4, 0.5) is 11.4 Å². The van der Waals surface area contributed by atoms with Crippen LogP contribution in [-0.4, -0.2) is 40.1 Å². The summed E-state index contributed by atoms with van der Waals surface area (Å²) in [7, 11) is 1.57. The van der Waals surface area contributed by atoms with Crippen molar-refractivity contribution in [3.63, 3.8) is 0 Å². The number of methoxy groups -OCH3 is 1. The van der Waals surface area contributed by atoms with Crippen LogP contribution in [0.3, 0.4) is 0 Å². The molecule has 0 saturated carbocycles. The third-order valence-electron chi connectivity index (χ3n) is 5.84. The highest BCUT2D eigenvalue weighted by molar-refractivity contribution is 9.10. The molecule has 2 amide bonds. The number of amidine groups is 1. The minimum absolute atomic E-state index is 0.00836. The van der Waals surface area contributed by atoms with Gasteiger partial charge in [-0.3, -0.25) is 9.59 Å². The number of rotatable bonds is 7. The van der Waals surface area contributed by atoms with E-state index in [1.54, 1.807) is 19.2 Å². The lowest BCUT2D eigenvalue weighted by Gasteiger charge is -2.13. The van der Waals surface area contributed by atoms with Crippen LogP contribution in [0.25, 0.3) is 0 Å². The number of hydrazone groups is 1. The third kappa shape index (κ3) is 6.29. The van der Waals surface area contributed by atoms with Crippen LogP contribution >= 0.6 is 27.7 Å². The second-order valence-corrected chi connectivity index (χ2v) is 10.6. The molecule has 9 heteroatoms. The largest absolute Gasteiger partial charge is 0.494 e. The maximum absolute atomic E-state index is 13.5. The van der Waals surface area contributed by atoms with Crippen LogP contribution in [-0.2, 0) is 9.59 Å². The number of nitrogens with zero attached hydrogens (tertiary/aromatic N) is 3. The highest BCUT2D eigenvalue weighted by Crippen LogP contribution is 2.35. The topological polar surface area (TPSA) is 83.4 Å². The fourth-order valence-electron chi connectivity index (χ4n) is 3.85. The van der Waals surface area contributed by atoms with Crippen LogP contribution < -0.4 is 10.1 Å². The van der Waals surface area contributed by atoms with Gasteiger partial charge in [-0.15, -0.1) is 0 Å². The quantitative estimate of drug-likeness (QED) is 0.326. The Morgan fingerprint density at radius 2 is 1.73 bits per heavy atom. The lowest BCUT2D eigenvalue weighted by atomic mass is 10.1. The highest BCUT2D eigenvalue weighted by Gasteiger charge is 2.40. The molecule has 1 N–H and O–H groups in total. The molecule has 37 heavy (non-hydrogen) atoms. The number of amides is 2. The van der Waals surface area contributed by atoms with Crippen LogP contribution in [0.15, 0.2) is 81.3 Å². The maximum Gasteiger partial charge on any atom is 0.263 e. The van der Waals surface area contributed by atoms with Gasteiger partial charge in [0.15, 0.2) is 5.17 Å². The Labute approximate surface area is 229 Å². The predicted molar refractivity (Wildman–Crippen MR) is 154 cm³/mol. The smallest absolute Gasteiger partial charge is 0.263 e. The van der Waals surface area contributed by atoms with Crippen LogP contribution in [0.2, 0.25) is 0 Å². The summed E-state index contributed by atoms with van der Waals surface area (Å²) in [6, 6.07) is 20.8. The Bertz CT molecular complexity index is 1370. The van der Waals surface area contributed by atoms with Crippen molar-refractivity contribution < 1.29 is 14.3 Å². The summed E-state index contributed by atoms with van der Waals surface area (Å²) in [4.78, 5) is 31.2. The van der Waals surface area contributed by atoms with E-state index in [0.717, 1.165) is 26.9 Å². The van der Waals surface area contributed by atoms with E-state index in [4.69, 9.17) is 9.73 Å². The van der Waals surface area contributed by atoms with Crippen LogP contribution in [0, 0.1) is 13.8 Å². The van der Waals surface area contributed by atoms with Gasteiger partial charge < -0.3 is 10.1 Å². The molecule has 1 fully saturated rings. The van der Waals surface area contributed by atoms with E-state index in [2.05, 4.69) is 26.3 Å². The average molecular weight is 580 g/mol. The number of para-hydroxylation sites is 3. The molecule has 0 bridgehead atoms. The summed E-state index contributed by atoms with van der Waals surface area (Å²) in [6.45, 7) is 5.72. The van der Waals surface area contributed by atoms with E-state index in [0.29, 0.717) is 22.3 Å². The van der Waals surface area contributed by atoms with Crippen molar-refractivity contribution in [1.29, 1.82) is 0 Å². The monoisotopic (exact) mass is 578 g/mol. The fraction of sp³-hybridized carbons (Fsp3) is 0.214. The first kappa shape index (κ1) is 26.6. The molecule has 1 saturated heterocycles. The summed E-state index contributed by atoms with van der Waals surface area (Å²) >= 11 is 4.66. The zero-order valence-electron chi connectivity index (χ0n) is 21.0. The van der Waals surface area contributed by atoms with Crippen molar-refractivity contribution in [3.8, 4) is 5.75 Å². The molecule has 190 valence electrons. The van der Waals surface area contributed by atoms with Crippen molar-refractivity contribution in [3.05, 3.63) is 87.9 Å². The van der Waals surface area contributed by atoms with Gasteiger partial charge in [0, 0.05) is 16.6 Å². The zero-order chi connectivity index (χ0) is 26.5. The van der Waals surface area contributed by atoms with E-state index in [1.807, 2.05) is 75.4 Å². The second kappa shape index (κ2) is 11.7. The lowest BCUT2D eigenvalue weighted by Crippen LogP contribution is -2.30. The van der Waals surface area contributed by atoms with Crippen molar-refractivity contribution >= 4 is 61.8 Å². The fourth-order valence-corrected chi connectivity index (χ4v) is 5.18. The summed E-state index contributed by atoms with van der Waals surface area (Å²) < 4.78 is 6.38. The van der Waals surface area contributed by atoms with E-state index in [9.17, 15) is 9.59 Å². The number of benzene rings is 3. The molecule has 3 aromatic rings. The maximum atomic E-state index is 13.5. The van der Waals surface area contributed by atoms with Gasteiger partial charge in [0.1, 0.15) is 16.7 Å². The second-order valence-electron chi connectivity index (χ2n) is 8.53. The molecule has 0 spiro atoms. The van der Waals surface area contributed by atoms with Gasteiger partial charge in [-0.05, 0) is 61.7 Å². The molecule has 1 heterocycles. The Morgan fingerprint density at radius 1 is 1.05 bits per heavy atom. The van der Waals surface area contributed by atoms with Crippen LogP contribution in [0.5, 0.6) is 5.75 Å². The van der Waals surface area contributed by atoms with Gasteiger partial charge in [-0.1, -0.05) is 70.2 Å². The normalized spacial score (nSPS) is 16.8. The molecule has 0 aliphatic carbocycles. The number of aliphatic imine (C=N–C) groups is 1. The number of hydrogen-bond donors (Lipinski definition) is 1. The first-order valence-electron chi connectivity index (χ1n) is 11.7. The highest BCUT2D eigenvalue weighted by atomic mass is 79.9. The Kier molecular flexibility index (Phi) is 8.45. The molecule has 1 atom stereocenters. The first-order chi connectivity index (χ1) is 17.8. The number of carbonyl (C=O) groups excluding carboxylic acids is 2. The number of carbonyl (C=O) groups is 2. The molecule has 4 rings (SSSR count). The molecule has 0 aromatic heterocycles. The summed E-state index contributed by atoms with van der Waals surface area (Å²) in [5.74, 6) is 0.0370. The predicted octanol–water partition coefficient (Wildman–Crippen LogP) is 6.46. The summed E-state index contributed by atoms with van der Waals surface area (Å²) in [5.41, 5.74) is 4.79. The Balaban J connectivity index is 1.64. The molecule has 1 aliphatic rings. The molecule has 1 aliphatic heterocycles. The van der Waals surface area contributed by atoms with E-state index in [1.165, 1.54) is 16.8 Å². The molecule has 1 unspecified atom stereocenters. The van der Waals surface area contributed by atoms with Crippen molar-refractivity contribution in [1.82, 2.24) is 5.01 Å². The minimum Gasteiger partial charge on any atom is -0.494 e. The Morgan fingerprint density at radius 3 is 2.41 bits per heavy atom.